The average Bonchev–Trinajstić information content (AvgIpc) is 3.54. The third kappa shape index (κ3) is 2.34. The van der Waals surface area contributed by atoms with Gasteiger partial charge >= 0.3 is 0 Å². The van der Waals surface area contributed by atoms with Gasteiger partial charge in [0.05, 0.1) is 5.56 Å². The van der Waals surface area contributed by atoms with Crippen molar-refractivity contribution in [1.82, 2.24) is 29.0 Å². The van der Waals surface area contributed by atoms with Crippen LogP contribution < -0.4 is 5.32 Å². The summed E-state index contributed by atoms with van der Waals surface area (Å²) in [5.41, 5.74) is 1.98. The Morgan fingerprint density at radius 1 is 1.19 bits per heavy atom. The summed E-state index contributed by atoms with van der Waals surface area (Å²) < 4.78 is 3.46. The van der Waals surface area contributed by atoms with Crippen molar-refractivity contribution in [2.45, 2.75) is 17.9 Å². The zero-order valence-electron chi connectivity index (χ0n) is 16.8. The topological polar surface area (TPSA) is 97.4 Å². The summed E-state index contributed by atoms with van der Waals surface area (Å²) in [6.45, 7) is 0.438. The first kappa shape index (κ1) is 17.8. The van der Waals surface area contributed by atoms with Gasteiger partial charge in [-0.2, -0.15) is 5.10 Å². The van der Waals surface area contributed by atoms with Gasteiger partial charge in [-0.3, -0.25) is 9.59 Å². The lowest BCUT2D eigenvalue weighted by molar-refractivity contribution is -0.121. The predicted molar refractivity (Wildman–Crippen MR) is 111 cm³/mol. The van der Waals surface area contributed by atoms with Crippen LogP contribution in [0.2, 0.25) is 0 Å². The molecule has 0 bridgehead atoms. The highest BCUT2D eigenvalue weighted by atomic mass is 16.2. The van der Waals surface area contributed by atoms with E-state index >= 15 is 0 Å². The van der Waals surface area contributed by atoms with Crippen LogP contribution >= 0.6 is 0 Å². The fourth-order valence-corrected chi connectivity index (χ4v) is 5.01. The van der Waals surface area contributed by atoms with Gasteiger partial charge in [0.15, 0.2) is 5.65 Å². The minimum atomic E-state index is -0.886. The van der Waals surface area contributed by atoms with Gasteiger partial charge in [-0.1, -0.05) is 18.2 Å². The zero-order valence-corrected chi connectivity index (χ0v) is 16.8. The lowest BCUT2D eigenvalue weighted by Gasteiger charge is -2.33. The van der Waals surface area contributed by atoms with E-state index in [1.807, 2.05) is 42.1 Å². The smallest absolute Gasteiger partial charge is 0.256 e. The van der Waals surface area contributed by atoms with E-state index in [0.717, 1.165) is 11.3 Å². The molecule has 1 aromatic carbocycles. The quantitative estimate of drug-likeness (QED) is 0.542. The van der Waals surface area contributed by atoms with E-state index in [1.165, 1.54) is 6.33 Å². The Kier molecular flexibility index (Phi) is 3.59. The lowest BCUT2D eigenvalue weighted by Crippen LogP contribution is -2.43. The normalized spacial score (nSPS) is 22.3. The van der Waals surface area contributed by atoms with Gasteiger partial charge in [0.2, 0.25) is 5.91 Å². The van der Waals surface area contributed by atoms with Crippen molar-refractivity contribution in [3.63, 3.8) is 0 Å². The number of nitrogens with zero attached hydrogens (tertiary/aromatic N) is 6. The van der Waals surface area contributed by atoms with Crippen molar-refractivity contribution in [3.8, 4) is 0 Å². The number of carbonyl (C=O) groups is 2. The Morgan fingerprint density at radius 2 is 2.06 bits per heavy atom. The third-order valence-electron chi connectivity index (χ3n) is 6.47. The minimum Gasteiger partial charge on any atom is -0.336 e. The highest BCUT2D eigenvalue weighted by Crippen LogP contribution is 2.54. The molecule has 3 aromatic heterocycles. The Bertz CT molecular complexity index is 1360. The number of hydrogen-bond acceptors (Lipinski definition) is 5. The first-order valence-corrected chi connectivity index (χ1v) is 10.1. The Balaban J connectivity index is 1.51. The molecule has 2 atom stereocenters. The van der Waals surface area contributed by atoms with Crippen molar-refractivity contribution in [2.24, 2.45) is 7.05 Å². The van der Waals surface area contributed by atoms with Crippen LogP contribution in [0.3, 0.4) is 0 Å². The molecule has 2 aliphatic heterocycles. The first-order valence-electron chi connectivity index (χ1n) is 10.1. The number of rotatable bonds is 2. The first-order chi connectivity index (χ1) is 15.1. The number of nitrogens with one attached hydrogen (secondary N) is 1. The standard InChI is InChI=1S/C22H19N7O2/c1-27-11-9-23-19(27)18-22(15-4-2-3-5-16(15)26-21(22)31)8-10-28(18)20(30)14-6-7-17-24-13-25-29(17)12-14/h2-7,9,11-13,18H,8,10H2,1H3,(H,26,31)/t18-,22+/m0/s1. The van der Waals surface area contributed by atoms with Crippen LogP contribution in [0.1, 0.15) is 34.2 Å². The zero-order chi connectivity index (χ0) is 21.2. The van der Waals surface area contributed by atoms with Crippen molar-refractivity contribution in [3.05, 3.63) is 78.3 Å². The second-order valence-corrected chi connectivity index (χ2v) is 8.00. The molecule has 4 aromatic rings. The molecule has 0 unspecified atom stereocenters. The molecule has 154 valence electrons. The maximum Gasteiger partial charge on any atom is 0.256 e. The van der Waals surface area contributed by atoms with E-state index in [2.05, 4.69) is 20.4 Å². The largest absolute Gasteiger partial charge is 0.336 e. The van der Waals surface area contributed by atoms with Crippen LogP contribution in [-0.2, 0) is 17.3 Å². The van der Waals surface area contributed by atoms with Crippen LogP contribution in [0.15, 0.2) is 61.3 Å². The molecule has 1 fully saturated rings. The van der Waals surface area contributed by atoms with Crippen LogP contribution in [0.5, 0.6) is 0 Å². The van der Waals surface area contributed by atoms with Gasteiger partial charge in [0, 0.05) is 37.9 Å². The molecule has 5 heterocycles. The number of aryl methyl sites for hydroxylation is 1. The number of hydrogen-bond donors (Lipinski definition) is 1. The number of anilines is 1. The van der Waals surface area contributed by atoms with Crippen LogP contribution in [0, 0.1) is 0 Å². The molecule has 2 aliphatic rings. The number of aromatic nitrogens is 5. The summed E-state index contributed by atoms with van der Waals surface area (Å²) in [6, 6.07) is 10.7. The highest BCUT2D eigenvalue weighted by Gasteiger charge is 2.60. The van der Waals surface area contributed by atoms with Crippen molar-refractivity contribution in [1.29, 1.82) is 0 Å². The maximum atomic E-state index is 13.7. The summed E-state index contributed by atoms with van der Waals surface area (Å²) in [5.74, 6) is 0.419. The molecule has 9 nitrogen and oxygen atoms in total. The lowest BCUT2D eigenvalue weighted by atomic mass is 9.74. The molecule has 6 rings (SSSR count). The van der Waals surface area contributed by atoms with Gasteiger partial charge in [0.1, 0.15) is 23.6 Å². The number of pyridine rings is 1. The highest BCUT2D eigenvalue weighted by molar-refractivity contribution is 6.08. The van der Waals surface area contributed by atoms with Gasteiger partial charge in [-0.25, -0.2) is 14.5 Å². The number of para-hydroxylation sites is 1. The molecule has 0 saturated carbocycles. The van der Waals surface area contributed by atoms with Gasteiger partial charge in [-0.15, -0.1) is 0 Å². The van der Waals surface area contributed by atoms with E-state index in [9.17, 15) is 9.59 Å². The SMILES string of the molecule is Cn1ccnc1[C@@H]1N(C(=O)c2ccc3ncnn3c2)CC[C@]12C(=O)Nc1ccccc12. The second-order valence-electron chi connectivity index (χ2n) is 8.00. The van der Waals surface area contributed by atoms with Gasteiger partial charge in [-0.05, 0) is 30.2 Å². The monoisotopic (exact) mass is 413 g/mol. The second kappa shape index (κ2) is 6.24. The van der Waals surface area contributed by atoms with E-state index in [1.54, 1.807) is 33.9 Å². The minimum absolute atomic E-state index is 0.0938. The molecule has 1 saturated heterocycles. The molecule has 0 radical (unpaired) electrons. The van der Waals surface area contributed by atoms with Crippen LogP contribution in [0.4, 0.5) is 5.69 Å². The molecular weight excluding hydrogens is 394 g/mol. The van der Waals surface area contributed by atoms with Crippen molar-refractivity contribution >= 4 is 23.1 Å². The van der Waals surface area contributed by atoms with Crippen molar-refractivity contribution < 1.29 is 9.59 Å². The Morgan fingerprint density at radius 3 is 2.90 bits per heavy atom. The van der Waals surface area contributed by atoms with E-state index in [0.29, 0.717) is 30.0 Å². The summed E-state index contributed by atoms with van der Waals surface area (Å²) in [7, 11) is 1.89. The molecule has 1 N–H and O–H groups in total. The number of amides is 2. The van der Waals surface area contributed by atoms with E-state index in [-0.39, 0.29) is 11.8 Å². The Hall–Kier alpha value is -4.01. The molecular formula is C22H19N7O2. The fourth-order valence-electron chi connectivity index (χ4n) is 5.01. The molecule has 2 amide bonds. The summed E-state index contributed by atoms with van der Waals surface area (Å²) in [5, 5.41) is 7.16. The number of benzene rings is 1. The molecule has 0 aliphatic carbocycles. The molecule has 1 spiro atoms. The number of imidazole rings is 1. The van der Waals surface area contributed by atoms with Gasteiger partial charge in [0.25, 0.3) is 5.91 Å². The average molecular weight is 413 g/mol. The molecule has 31 heavy (non-hydrogen) atoms. The third-order valence-corrected chi connectivity index (χ3v) is 6.47. The van der Waals surface area contributed by atoms with E-state index < -0.39 is 11.5 Å². The number of likely N-dealkylation sites (tertiary alicyclic amines) is 1. The van der Waals surface area contributed by atoms with Crippen molar-refractivity contribution in [2.75, 3.05) is 11.9 Å². The fraction of sp³-hybridized carbons (Fsp3) is 0.227. The number of carbonyl (C=O) groups excluding carboxylic acids is 2. The Labute approximate surface area is 177 Å². The van der Waals surface area contributed by atoms with Gasteiger partial charge < -0.3 is 14.8 Å². The predicted octanol–water partition coefficient (Wildman–Crippen LogP) is 1.94. The summed E-state index contributed by atoms with van der Waals surface area (Å²) in [6.07, 6.45) is 7.18. The maximum absolute atomic E-state index is 13.7. The summed E-state index contributed by atoms with van der Waals surface area (Å²) >= 11 is 0. The summed E-state index contributed by atoms with van der Waals surface area (Å²) in [4.78, 5) is 37.5. The van der Waals surface area contributed by atoms with Crippen LogP contribution in [-0.4, -0.2) is 47.4 Å². The van der Waals surface area contributed by atoms with Crippen LogP contribution in [0.25, 0.3) is 5.65 Å². The number of fused-ring (bicyclic) bond motifs is 3. The van der Waals surface area contributed by atoms with E-state index in [4.69, 9.17) is 0 Å². The molecule has 9 heteroatoms.